The fraction of sp³-hybridized carbons (Fsp3) is 0.542. The van der Waals surface area contributed by atoms with Crippen molar-refractivity contribution in [2.24, 2.45) is 16.2 Å². The molecule has 3 aromatic rings. The minimum absolute atomic E-state index is 0.0499. The zero-order valence-corrected chi connectivity index (χ0v) is 41.0. The Morgan fingerprint density at radius 2 is 1.58 bits per heavy atom. The van der Waals surface area contributed by atoms with E-state index in [4.69, 9.17) is 5.11 Å². The summed E-state index contributed by atoms with van der Waals surface area (Å²) in [5.41, 5.74) is -3.41. The van der Waals surface area contributed by atoms with Crippen molar-refractivity contribution in [2.45, 2.75) is 104 Å². The van der Waals surface area contributed by atoms with Crippen LogP contribution in [0.4, 0.5) is 38.1 Å². The van der Waals surface area contributed by atoms with Gasteiger partial charge in [0.15, 0.2) is 0 Å². The molecule has 2 aliphatic heterocycles. The summed E-state index contributed by atoms with van der Waals surface area (Å²) in [5.74, 6) is -0.795. The van der Waals surface area contributed by atoms with Crippen LogP contribution >= 0.6 is 11.8 Å². The van der Waals surface area contributed by atoms with Crippen LogP contribution in [0.25, 0.3) is 0 Å². The van der Waals surface area contributed by atoms with Crippen LogP contribution in [0.15, 0.2) is 98.6 Å². The number of anilines is 2. The maximum absolute atomic E-state index is 14.2. The normalized spacial score (nSPS) is 24.6. The third-order valence-electron chi connectivity index (χ3n) is 14.7. The van der Waals surface area contributed by atoms with E-state index in [1.54, 1.807) is 12.1 Å². The highest BCUT2D eigenvalue weighted by molar-refractivity contribution is 7.99. The zero-order chi connectivity index (χ0) is 49.6. The lowest BCUT2D eigenvalue weighted by molar-refractivity contribution is -0.250. The van der Waals surface area contributed by atoms with Crippen molar-refractivity contribution in [2.75, 3.05) is 68.3 Å². The van der Waals surface area contributed by atoms with Crippen molar-refractivity contribution < 1.29 is 53.5 Å². The van der Waals surface area contributed by atoms with E-state index in [0.29, 0.717) is 70.9 Å². The number of nitrogens with one attached hydrogen (secondary N) is 3. The molecule has 13 nitrogen and oxygen atoms in total. The Kier molecular flexibility index (Phi) is 14.5. The average molecular weight is 1020 g/mol. The maximum atomic E-state index is 14.2. The number of carbonyl (C=O) groups is 2. The molecule has 6 aliphatic rings. The van der Waals surface area contributed by atoms with Crippen molar-refractivity contribution in [1.82, 2.24) is 19.8 Å². The summed E-state index contributed by atoms with van der Waals surface area (Å²) in [6.45, 7) is 9.59. The lowest BCUT2D eigenvalue weighted by atomic mass is 9.32. The number of hydrogen-bond acceptors (Lipinski definition) is 11. The molecular formula is C48H59F5N6O7S3. The Labute approximate surface area is 404 Å². The Morgan fingerprint density at radius 3 is 2.22 bits per heavy atom. The number of rotatable bonds is 18. The van der Waals surface area contributed by atoms with Gasteiger partial charge in [0.2, 0.25) is 6.43 Å². The first-order chi connectivity index (χ1) is 32.5. The second kappa shape index (κ2) is 19.6. The van der Waals surface area contributed by atoms with E-state index >= 15 is 0 Å². The van der Waals surface area contributed by atoms with E-state index < -0.39 is 70.7 Å². The number of carbonyl (C=O) groups excluding carboxylic acids is 1. The molecule has 2 bridgehead atoms. The number of halogens is 5. The van der Waals surface area contributed by atoms with Crippen LogP contribution < -0.4 is 20.3 Å². The smallest absolute Gasteiger partial charge is 0.465 e. The minimum Gasteiger partial charge on any atom is -0.465 e. The zero-order valence-electron chi connectivity index (χ0n) is 38.5. The predicted octanol–water partition coefficient (Wildman–Crippen LogP) is 8.47. The van der Waals surface area contributed by atoms with Gasteiger partial charge in [-0.15, -0.1) is 11.8 Å². The van der Waals surface area contributed by atoms with E-state index in [1.165, 1.54) is 35.0 Å². The summed E-state index contributed by atoms with van der Waals surface area (Å²) in [6, 6.07) is 16.7. The monoisotopic (exact) mass is 1020 g/mol. The number of allylic oxidation sites excluding steroid dienone is 1. The minimum atomic E-state index is -6.13. The standard InChI is InChI=1S/C48H59F5N6O7S3/c1-45(2)17-14-33(39(25-45)46-29-47(30-46,31-46)43(49)50)26-58-20-22-59(23-21-58)36-10-8-32(9-11-36)42(60)56-69(65,66)38-12-13-40(41(24-38)68(63,64)48(51,52)53)54-35(28-67-37-6-4-3-5-7-37)16-19-57-18-15-34(27-57)55-44(61)62/h3-13,24,34-35,43,54-55H,14-23,25-31H2,1-2H3,(H,56,60)(H,61,62). The SMILES string of the molecule is CC1(C)CCC(CN2CCN(c3ccc(C(=O)NS(=O)(=O)c4ccc(NC(CCN5CCC(NC(=O)O)C5)CSc5ccccc5)c(S(=O)(=O)C(F)(F)F)c4)cc3)CC2)=C(C23CC(C(F)F)(C2)C3)C1. The Hall–Kier alpha value is -4.44. The summed E-state index contributed by atoms with van der Waals surface area (Å²) in [7, 11) is -11.0. The Morgan fingerprint density at radius 1 is 0.899 bits per heavy atom. The number of benzene rings is 3. The van der Waals surface area contributed by atoms with Crippen molar-refractivity contribution in [1.29, 1.82) is 0 Å². The number of piperazine rings is 1. The average Bonchev–Trinajstić information content (AvgIpc) is 3.70. The molecule has 2 atom stereocenters. The highest BCUT2D eigenvalue weighted by atomic mass is 32.2. The van der Waals surface area contributed by atoms with E-state index in [0.717, 1.165) is 61.6 Å². The largest absolute Gasteiger partial charge is 0.501 e. The number of sulfone groups is 1. The fourth-order valence-electron chi connectivity index (χ4n) is 10.9. The summed E-state index contributed by atoms with van der Waals surface area (Å²) in [4.78, 5) is 29.7. The molecule has 2 saturated heterocycles. The maximum Gasteiger partial charge on any atom is 0.501 e. The number of hydrogen-bond donors (Lipinski definition) is 4. The molecule has 9 rings (SSSR count). The van der Waals surface area contributed by atoms with Crippen LogP contribution in [0, 0.1) is 16.2 Å². The van der Waals surface area contributed by atoms with Gasteiger partial charge >= 0.3 is 11.6 Å². The predicted molar refractivity (Wildman–Crippen MR) is 254 cm³/mol. The van der Waals surface area contributed by atoms with Crippen LogP contribution in [-0.4, -0.2) is 126 Å². The van der Waals surface area contributed by atoms with Gasteiger partial charge in [-0.2, -0.15) is 13.2 Å². The number of sulfonamides is 1. The van der Waals surface area contributed by atoms with Gasteiger partial charge in [-0.3, -0.25) is 9.69 Å². The van der Waals surface area contributed by atoms with Crippen molar-refractivity contribution in [3.63, 3.8) is 0 Å². The van der Waals surface area contributed by atoms with Crippen LogP contribution in [0.2, 0.25) is 0 Å². The van der Waals surface area contributed by atoms with Crippen molar-refractivity contribution in [3.05, 3.63) is 89.5 Å². The molecule has 0 spiro atoms. The van der Waals surface area contributed by atoms with Gasteiger partial charge in [-0.05, 0) is 117 Å². The molecule has 4 N–H and O–H groups in total. The van der Waals surface area contributed by atoms with E-state index in [-0.39, 0.29) is 28.2 Å². The van der Waals surface area contributed by atoms with Gasteiger partial charge in [0.25, 0.3) is 25.8 Å². The molecule has 4 aliphatic carbocycles. The van der Waals surface area contributed by atoms with Crippen LogP contribution in [0.5, 0.6) is 0 Å². The van der Waals surface area contributed by atoms with E-state index in [2.05, 4.69) is 34.3 Å². The molecule has 2 heterocycles. The van der Waals surface area contributed by atoms with Crippen molar-refractivity contribution >= 4 is 55.0 Å². The highest BCUT2D eigenvalue weighted by Gasteiger charge is 2.73. The van der Waals surface area contributed by atoms with Crippen LogP contribution in [-0.2, 0) is 19.9 Å². The van der Waals surface area contributed by atoms with Crippen molar-refractivity contribution in [3.8, 4) is 0 Å². The van der Waals surface area contributed by atoms with Gasteiger partial charge < -0.3 is 25.5 Å². The van der Waals surface area contributed by atoms with E-state index in [1.807, 2.05) is 40.0 Å². The Bertz CT molecular complexity index is 2630. The van der Waals surface area contributed by atoms with Gasteiger partial charge in [-0.1, -0.05) is 43.2 Å². The van der Waals surface area contributed by atoms with Gasteiger partial charge in [0.1, 0.15) is 4.90 Å². The second-order valence-corrected chi connectivity index (χ2v) is 24.9. The molecule has 0 radical (unpaired) electrons. The second-order valence-electron chi connectivity index (χ2n) is 20.2. The first-order valence-corrected chi connectivity index (χ1v) is 27.2. The number of thioether (sulfide) groups is 1. The molecule has 2 unspecified atom stereocenters. The lowest BCUT2D eigenvalue weighted by Crippen LogP contribution is -2.66. The lowest BCUT2D eigenvalue weighted by Gasteiger charge is -2.72. The number of likely N-dealkylation sites (tertiary alicyclic amines) is 1. The molecule has 3 aromatic carbocycles. The van der Waals surface area contributed by atoms with E-state index in [9.17, 15) is 48.4 Å². The molecule has 3 saturated carbocycles. The molecule has 21 heteroatoms. The summed E-state index contributed by atoms with van der Waals surface area (Å²) < 4.78 is 125. The molecule has 0 aromatic heterocycles. The third kappa shape index (κ3) is 11.2. The third-order valence-corrected chi connectivity index (χ3v) is 18.7. The molecule has 2 amide bonds. The molecule has 376 valence electrons. The number of amides is 2. The summed E-state index contributed by atoms with van der Waals surface area (Å²) >= 11 is 1.38. The molecule has 69 heavy (non-hydrogen) atoms. The van der Waals surface area contributed by atoms with Gasteiger partial charge in [0.05, 0.1) is 10.6 Å². The quantitative estimate of drug-likeness (QED) is 0.0546. The first kappa shape index (κ1) is 50.9. The van der Waals surface area contributed by atoms with Crippen LogP contribution in [0.3, 0.4) is 0 Å². The van der Waals surface area contributed by atoms with Gasteiger partial charge in [-0.25, -0.2) is 35.1 Å². The Balaban J connectivity index is 0.917. The van der Waals surface area contributed by atoms with Gasteiger partial charge in [0, 0.05) is 91.8 Å². The van der Waals surface area contributed by atoms with Crippen LogP contribution in [0.1, 0.15) is 75.6 Å². The summed E-state index contributed by atoms with van der Waals surface area (Å²) in [5, 5.41) is 14.5. The molecular weight excluding hydrogens is 964 g/mol. The fourth-order valence-corrected chi connectivity index (χ4v) is 13.9. The first-order valence-electron chi connectivity index (χ1n) is 23.2. The number of nitrogens with zero attached hydrogens (tertiary/aromatic N) is 3. The molecule has 5 fully saturated rings. The number of alkyl halides is 5. The highest BCUT2D eigenvalue weighted by Crippen LogP contribution is 2.79. The number of carboxylic acid groups (broad SMARTS) is 1. The summed E-state index contributed by atoms with van der Waals surface area (Å²) in [6.07, 6.45) is 2.20. The topological polar surface area (TPSA) is 168 Å².